The van der Waals surface area contributed by atoms with E-state index in [0.29, 0.717) is 18.7 Å². The van der Waals surface area contributed by atoms with Gasteiger partial charge in [0.25, 0.3) is 5.91 Å². The van der Waals surface area contributed by atoms with Crippen molar-refractivity contribution < 1.29 is 9.53 Å². The molecular weight excluding hydrogens is 503 g/mol. The number of rotatable bonds is 8. The predicted octanol–water partition coefficient (Wildman–Crippen LogP) is 4.14. The molecule has 0 fully saturated rings. The Morgan fingerprint density at radius 1 is 1.06 bits per heavy atom. The summed E-state index contributed by atoms with van der Waals surface area (Å²) >= 11 is 0. The van der Waals surface area contributed by atoms with Gasteiger partial charge in [-0.15, -0.1) is 24.0 Å². The van der Waals surface area contributed by atoms with Crippen LogP contribution in [0.15, 0.2) is 53.5 Å². The van der Waals surface area contributed by atoms with Gasteiger partial charge in [0.05, 0.1) is 6.54 Å². The Bertz CT molecular complexity index is 863. The molecule has 0 atom stereocenters. The fraction of sp³-hybridized carbons (Fsp3) is 0.417. The highest BCUT2D eigenvalue weighted by molar-refractivity contribution is 14.0. The average Bonchev–Trinajstić information content (AvgIpc) is 2.71. The molecule has 2 aromatic carbocycles. The van der Waals surface area contributed by atoms with Crippen LogP contribution >= 0.6 is 24.0 Å². The van der Waals surface area contributed by atoms with Crippen molar-refractivity contribution in [2.24, 2.45) is 4.99 Å². The fourth-order valence-electron chi connectivity index (χ4n) is 2.91. The minimum absolute atomic E-state index is 0. The molecule has 1 amide bonds. The second-order valence-electron chi connectivity index (χ2n) is 7.97. The molecule has 0 aliphatic heterocycles. The van der Waals surface area contributed by atoms with Crippen LogP contribution in [0.2, 0.25) is 0 Å². The number of benzene rings is 2. The quantitative estimate of drug-likeness (QED) is 0.269. The van der Waals surface area contributed by atoms with E-state index in [0.717, 1.165) is 35.8 Å². The molecule has 0 bridgehead atoms. The number of carbonyl (C=O) groups is 1. The van der Waals surface area contributed by atoms with E-state index in [1.54, 1.807) is 7.05 Å². The maximum absolute atomic E-state index is 11.8. The summed E-state index contributed by atoms with van der Waals surface area (Å²) in [6.45, 7) is 10.2. The number of halogens is 1. The van der Waals surface area contributed by atoms with Gasteiger partial charge in [-0.25, -0.2) is 4.99 Å². The number of hydrogen-bond acceptors (Lipinski definition) is 3. The summed E-state index contributed by atoms with van der Waals surface area (Å²) in [5.74, 6) is 1.54. The van der Waals surface area contributed by atoms with Crippen molar-refractivity contribution >= 4 is 35.8 Å². The maximum Gasteiger partial charge on any atom is 0.251 e. The Morgan fingerprint density at radius 2 is 1.81 bits per heavy atom. The molecule has 0 saturated heterocycles. The lowest BCUT2D eigenvalue weighted by molar-refractivity contribution is 0.0963. The summed E-state index contributed by atoms with van der Waals surface area (Å²) in [5.41, 5.74) is 2.56. The highest BCUT2D eigenvalue weighted by Crippen LogP contribution is 2.23. The van der Waals surface area contributed by atoms with Gasteiger partial charge >= 0.3 is 0 Å². The van der Waals surface area contributed by atoms with Crippen LogP contribution in [-0.4, -0.2) is 37.6 Å². The number of carbonyl (C=O) groups excluding carboxylic acids is 1. The van der Waals surface area contributed by atoms with Gasteiger partial charge in [-0.05, 0) is 57.9 Å². The molecule has 0 spiro atoms. The Balaban J connectivity index is 0.00000480. The third-order valence-electron chi connectivity index (χ3n) is 4.26. The first-order valence-corrected chi connectivity index (χ1v) is 10.4. The van der Waals surface area contributed by atoms with Crippen LogP contribution < -0.4 is 20.7 Å². The van der Waals surface area contributed by atoms with Gasteiger partial charge in [-0.2, -0.15) is 0 Å². The van der Waals surface area contributed by atoms with Gasteiger partial charge in [-0.1, -0.05) is 30.3 Å². The average molecular weight is 538 g/mol. The van der Waals surface area contributed by atoms with Gasteiger partial charge < -0.3 is 20.7 Å². The Kier molecular flexibility index (Phi) is 11.4. The van der Waals surface area contributed by atoms with Gasteiger partial charge in [-0.3, -0.25) is 4.79 Å². The van der Waals surface area contributed by atoms with Crippen LogP contribution in [0.4, 0.5) is 0 Å². The lowest BCUT2D eigenvalue weighted by atomic mass is 10.1. The normalized spacial score (nSPS) is 11.3. The second kappa shape index (κ2) is 13.2. The zero-order valence-electron chi connectivity index (χ0n) is 19.1. The molecule has 0 saturated carbocycles. The number of guanidine groups is 1. The summed E-state index contributed by atoms with van der Waals surface area (Å²) < 4.78 is 6.06. The van der Waals surface area contributed by atoms with E-state index < -0.39 is 0 Å². The zero-order chi connectivity index (χ0) is 22.0. The minimum atomic E-state index is -0.258. The highest BCUT2D eigenvalue weighted by Gasteiger charge is 2.14. The van der Waals surface area contributed by atoms with E-state index in [9.17, 15) is 4.79 Å². The number of aliphatic imine (C=N–C) groups is 1. The Morgan fingerprint density at radius 3 is 2.48 bits per heavy atom. The zero-order valence-corrected chi connectivity index (χ0v) is 21.4. The largest absolute Gasteiger partial charge is 0.488 e. The first-order chi connectivity index (χ1) is 14.3. The number of ether oxygens (including phenoxy) is 1. The van der Waals surface area contributed by atoms with Crippen LogP contribution in [0.3, 0.4) is 0 Å². The Labute approximate surface area is 203 Å². The topological polar surface area (TPSA) is 74.8 Å². The summed E-state index contributed by atoms with van der Waals surface area (Å²) in [7, 11) is 1.64. The molecule has 2 aromatic rings. The number of hydrogen-bond donors (Lipinski definition) is 3. The summed E-state index contributed by atoms with van der Waals surface area (Å²) in [5, 5.41) is 9.30. The molecule has 0 heterocycles. The minimum Gasteiger partial charge on any atom is -0.488 e. The first kappa shape index (κ1) is 26.7. The molecule has 6 nitrogen and oxygen atoms in total. The fourth-order valence-corrected chi connectivity index (χ4v) is 2.91. The van der Waals surface area contributed by atoms with Crippen molar-refractivity contribution in [1.82, 2.24) is 16.0 Å². The number of nitrogens with one attached hydrogen (secondary N) is 3. The van der Waals surface area contributed by atoms with Crippen molar-refractivity contribution in [3.63, 3.8) is 0 Å². The number of nitrogens with zero attached hydrogens (tertiary/aromatic N) is 1. The predicted molar refractivity (Wildman–Crippen MR) is 139 cm³/mol. The molecule has 31 heavy (non-hydrogen) atoms. The second-order valence-corrected chi connectivity index (χ2v) is 7.97. The SMILES string of the molecule is CCNC(=NCc1ccccc1OC(C)(C)C)NCCc1cccc(C(=O)NC)c1.I. The van der Waals surface area contributed by atoms with Crippen molar-refractivity contribution in [2.75, 3.05) is 20.1 Å². The van der Waals surface area contributed by atoms with Crippen molar-refractivity contribution in [2.45, 2.75) is 46.3 Å². The van der Waals surface area contributed by atoms with Gasteiger partial charge in [0.2, 0.25) is 0 Å². The van der Waals surface area contributed by atoms with E-state index in [4.69, 9.17) is 9.73 Å². The van der Waals surface area contributed by atoms with Gasteiger partial charge in [0.15, 0.2) is 5.96 Å². The van der Waals surface area contributed by atoms with Crippen molar-refractivity contribution in [3.05, 3.63) is 65.2 Å². The molecule has 0 radical (unpaired) electrons. The summed E-state index contributed by atoms with van der Waals surface area (Å²) in [6.07, 6.45) is 0.791. The maximum atomic E-state index is 11.8. The molecular formula is C24H35IN4O2. The highest BCUT2D eigenvalue weighted by atomic mass is 127. The van der Waals surface area contributed by atoms with Gasteiger partial charge in [0, 0.05) is 31.3 Å². The first-order valence-electron chi connectivity index (χ1n) is 10.4. The molecule has 3 N–H and O–H groups in total. The molecule has 170 valence electrons. The third kappa shape index (κ3) is 9.59. The number of amides is 1. The lowest BCUT2D eigenvalue weighted by Crippen LogP contribution is -2.38. The molecule has 0 aliphatic carbocycles. The van der Waals surface area contributed by atoms with Crippen molar-refractivity contribution in [1.29, 1.82) is 0 Å². The van der Waals surface area contributed by atoms with E-state index in [1.165, 1.54) is 0 Å². The van der Waals surface area contributed by atoms with Crippen LogP contribution in [0, 0.1) is 0 Å². The summed E-state index contributed by atoms with van der Waals surface area (Å²) in [4.78, 5) is 16.5. The smallest absolute Gasteiger partial charge is 0.251 e. The number of para-hydroxylation sites is 1. The van der Waals surface area contributed by atoms with Crippen LogP contribution in [0.5, 0.6) is 5.75 Å². The molecule has 0 aromatic heterocycles. The molecule has 0 aliphatic rings. The third-order valence-corrected chi connectivity index (χ3v) is 4.26. The molecule has 0 unspecified atom stereocenters. The van der Waals surface area contributed by atoms with E-state index in [-0.39, 0.29) is 35.5 Å². The van der Waals surface area contributed by atoms with Crippen LogP contribution in [-0.2, 0) is 13.0 Å². The van der Waals surface area contributed by atoms with E-state index in [1.807, 2.05) is 76.2 Å². The molecule has 2 rings (SSSR count). The van der Waals surface area contributed by atoms with E-state index in [2.05, 4.69) is 16.0 Å². The Hall–Kier alpha value is -2.29. The van der Waals surface area contributed by atoms with E-state index >= 15 is 0 Å². The van der Waals surface area contributed by atoms with Crippen molar-refractivity contribution in [3.8, 4) is 5.75 Å². The van der Waals surface area contributed by atoms with Crippen LogP contribution in [0.25, 0.3) is 0 Å². The monoisotopic (exact) mass is 538 g/mol. The van der Waals surface area contributed by atoms with Crippen LogP contribution in [0.1, 0.15) is 49.2 Å². The lowest BCUT2D eigenvalue weighted by Gasteiger charge is -2.23. The molecule has 7 heteroatoms. The summed E-state index contributed by atoms with van der Waals surface area (Å²) in [6, 6.07) is 15.7. The standard InChI is InChI=1S/C24H34N4O2.HI/c1-6-26-23(27-15-14-18-10-9-12-19(16-18)22(29)25-5)28-17-20-11-7-8-13-21(20)30-24(2,3)4;/h7-13,16H,6,14-15,17H2,1-5H3,(H,25,29)(H2,26,27,28);1H. The van der Waals surface area contributed by atoms with Gasteiger partial charge in [0.1, 0.15) is 11.4 Å².